The molecule has 0 aliphatic heterocycles. The molecule has 0 heterocycles. The summed E-state index contributed by atoms with van der Waals surface area (Å²) in [6, 6.07) is 4.87. The number of nitrogens with two attached hydrogens (primary N) is 1. The quantitative estimate of drug-likeness (QED) is 0.818. The van der Waals surface area contributed by atoms with E-state index in [1.165, 1.54) is 12.1 Å². The third kappa shape index (κ3) is 5.05. The first kappa shape index (κ1) is 13.6. The molecule has 0 spiro atoms. The van der Waals surface area contributed by atoms with Gasteiger partial charge >= 0.3 is 0 Å². The Bertz CT molecular complexity index is 313. The summed E-state index contributed by atoms with van der Waals surface area (Å²) in [6.45, 7) is 3.32. The summed E-state index contributed by atoms with van der Waals surface area (Å²) in [5.74, 6) is -0.235. The van der Waals surface area contributed by atoms with Gasteiger partial charge in [0.25, 0.3) is 0 Å². The van der Waals surface area contributed by atoms with Crippen LogP contribution in [0.25, 0.3) is 0 Å². The minimum Gasteiger partial charge on any atom is -0.382 e. The van der Waals surface area contributed by atoms with E-state index in [9.17, 15) is 4.39 Å². The molecular weight excluding hydrogens is 273 g/mol. The molecule has 0 radical (unpaired) electrons. The normalized spacial score (nSPS) is 12.8. The predicted molar refractivity (Wildman–Crippen MR) is 66.9 cm³/mol. The van der Waals surface area contributed by atoms with Gasteiger partial charge in [-0.15, -0.1) is 0 Å². The van der Waals surface area contributed by atoms with E-state index in [2.05, 4.69) is 15.9 Å². The van der Waals surface area contributed by atoms with Crippen molar-refractivity contribution in [2.24, 2.45) is 5.73 Å². The van der Waals surface area contributed by atoms with Gasteiger partial charge in [0.05, 0.1) is 0 Å². The first-order chi connectivity index (χ1) is 7.61. The molecule has 1 aromatic rings. The van der Waals surface area contributed by atoms with Crippen LogP contribution in [-0.4, -0.2) is 19.3 Å². The van der Waals surface area contributed by atoms with Gasteiger partial charge in [0.1, 0.15) is 5.82 Å². The van der Waals surface area contributed by atoms with Gasteiger partial charge < -0.3 is 10.5 Å². The lowest BCUT2D eigenvalue weighted by molar-refractivity contribution is 0.140. The predicted octanol–water partition coefficient (Wildman–Crippen LogP) is 2.88. The Labute approximate surface area is 104 Å². The van der Waals surface area contributed by atoms with Gasteiger partial charge in [-0.1, -0.05) is 15.9 Å². The molecule has 1 aromatic carbocycles. The molecule has 0 aromatic heterocycles. The van der Waals surface area contributed by atoms with Crippen LogP contribution in [0.3, 0.4) is 0 Å². The molecule has 1 unspecified atom stereocenters. The maximum atomic E-state index is 13.1. The fourth-order valence-corrected chi connectivity index (χ4v) is 2.03. The first-order valence-corrected chi connectivity index (χ1v) is 6.19. The highest BCUT2D eigenvalue weighted by atomic mass is 79.9. The van der Waals surface area contributed by atoms with E-state index in [-0.39, 0.29) is 11.9 Å². The number of benzene rings is 1. The van der Waals surface area contributed by atoms with Crippen LogP contribution in [-0.2, 0) is 11.2 Å². The standard InChI is InChI=1S/C12H17BrFNO/c1-2-16-4-3-12(15)7-9-5-10(13)8-11(14)6-9/h5-6,8,12H,2-4,7,15H2,1H3. The van der Waals surface area contributed by atoms with Crippen molar-refractivity contribution in [2.75, 3.05) is 13.2 Å². The minimum atomic E-state index is -0.235. The van der Waals surface area contributed by atoms with Crippen molar-refractivity contribution >= 4 is 15.9 Å². The molecule has 0 saturated heterocycles. The molecule has 1 rings (SSSR count). The Morgan fingerprint density at radius 1 is 1.44 bits per heavy atom. The summed E-state index contributed by atoms with van der Waals surface area (Å²) in [5, 5.41) is 0. The maximum Gasteiger partial charge on any atom is 0.124 e. The maximum absolute atomic E-state index is 13.1. The van der Waals surface area contributed by atoms with E-state index in [0.717, 1.165) is 16.5 Å². The fourth-order valence-electron chi connectivity index (χ4n) is 1.51. The minimum absolute atomic E-state index is 0.0141. The number of hydrogen-bond donors (Lipinski definition) is 1. The SMILES string of the molecule is CCOCCC(N)Cc1cc(F)cc(Br)c1. The second kappa shape index (κ2) is 6.99. The number of halogens is 2. The summed E-state index contributed by atoms with van der Waals surface area (Å²) >= 11 is 3.26. The smallest absolute Gasteiger partial charge is 0.124 e. The Kier molecular flexibility index (Phi) is 5.95. The average molecular weight is 290 g/mol. The van der Waals surface area contributed by atoms with Gasteiger partial charge in [0, 0.05) is 23.7 Å². The van der Waals surface area contributed by atoms with Crippen LogP contribution in [0.15, 0.2) is 22.7 Å². The van der Waals surface area contributed by atoms with E-state index >= 15 is 0 Å². The number of ether oxygens (including phenoxy) is 1. The van der Waals surface area contributed by atoms with Gasteiger partial charge in [0.2, 0.25) is 0 Å². The van der Waals surface area contributed by atoms with Crippen LogP contribution in [0, 0.1) is 5.82 Å². The van der Waals surface area contributed by atoms with Gasteiger partial charge in [-0.3, -0.25) is 0 Å². The summed E-state index contributed by atoms with van der Waals surface area (Å²) in [4.78, 5) is 0. The van der Waals surface area contributed by atoms with Gasteiger partial charge in [-0.2, -0.15) is 0 Å². The topological polar surface area (TPSA) is 35.2 Å². The van der Waals surface area contributed by atoms with E-state index in [1.807, 2.05) is 13.0 Å². The van der Waals surface area contributed by atoms with Crippen LogP contribution in [0.4, 0.5) is 4.39 Å². The highest BCUT2D eigenvalue weighted by Gasteiger charge is 2.06. The van der Waals surface area contributed by atoms with E-state index < -0.39 is 0 Å². The van der Waals surface area contributed by atoms with Crippen LogP contribution >= 0.6 is 15.9 Å². The monoisotopic (exact) mass is 289 g/mol. The van der Waals surface area contributed by atoms with Crippen molar-refractivity contribution in [1.82, 2.24) is 0 Å². The highest BCUT2D eigenvalue weighted by molar-refractivity contribution is 9.10. The number of rotatable bonds is 6. The Morgan fingerprint density at radius 3 is 2.81 bits per heavy atom. The number of hydrogen-bond acceptors (Lipinski definition) is 2. The second-order valence-corrected chi connectivity index (χ2v) is 4.64. The van der Waals surface area contributed by atoms with Crippen molar-refractivity contribution in [1.29, 1.82) is 0 Å². The van der Waals surface area contributed by atoms with Crippen LogP contribution in [0.5, 0.6) is 0 Å². The average Bonchev–Trinajstić information content (AvgIpc) is 2.16. The van der Waals surface area contributed by atoms with E-state index in [4.69, 9.17) is 10.5 Å². The van der Waals surface area contributed by atoms with Crippen LogP contribution < -0.4 is 5.73 Å². The molecule has 0 aliphatic rings. The summed E-state index contributed by atoms with van der Waals surface area (Å²) in [6.07, 6.45) is 1.46. The molecule has 0 bridgehead atoms. The lowest BCUT2D eigenvalue weighted by Crippen LogP contribution is -2.24. The molecule has 0 amide bonds. The Morgan fingerprint density at radius 2 is 2.19 bits per heavy atom. The lowest BCUT2D eigenvalue weighted by atomic mass is 10.0. The third-order valence-corrected chi connectivity index (χ3v) is 2.72. The zero-order valence-corrected chi connectivity index (χ0v) is 11.0. The molecule has 2 N–H and O–H groups in total. The van der Waals surface area contributed by atoms with E-state index in [0.29, 0.717) is 19.6 Å². The van der Waals surface area contributed by atoms with Crippen LogP contribution in [0.1, 0.15) is 18.9 Å². The zero-order valence-electron chi connectivity index (χ0n) is 9.38. The van der Waals surface area contributed by atoms with Crippen molar-refractivity contribution in [3.63, 3.8) is 0 Å². The molecule has 2 nitrogen and oxygen atoms in total. The van der Waals surface area contributed by atoms with Crippen molar-refractivity contribution < 1.29 is 9.13 Å². The zero-order chi connectivity index (χ0) is 12.0. The van der Waals surface area contributed by atoms with Crippen molar-refractivity contribution in [3.8, 4) is 0 Å². The Balaban J connectivity index is 2.45. The molecule has 90 valence electrons. The molecule has 0 fully saturated rings. The second-order valence-electron chi connectivity index (χ2n) is 3.73. The molecule has 0 saturated carbocycles. The van der Waals surface area contributed by atoms with Crippen molar-refractivity contribution in [2.45, 2.75) is 25.8 Å². The highest BCUT2D eigenvalue weighted by Crippen LogP contribution is 2.16. The summed E-state index contributed by atoms with van der Waals surface area (Å²) in [5.41, 5.74) is 6.84. The van der Waals surface area contributed by atoms with Crippen LogP contribution in [0.2, 0.25) is 0 Å². The molecule has 1 atom stereocenters. The largest absolute Gasteiger partial charge is 0.382 e. The molecule has 0 aliphatic carbocycles. The summed E-state index contributed by atoms with van der Waals surface area (Å²) in [7, 11) is 0. The third-order valence-electron chi connectivity index (χ3n) is 2.26. The lowest BCUT2D eigenvalue weighted by Gasteiger charge is -2.11. The first-order valence-electron chi connectivity index (χ1n) is 5.40. The molecule has 4 heteroatoms. The van der Waals surface area contributed by atoms with Gasteiger partial charge in [0.15, 0.2) is 0 Å². The molecule has 16 heavy (non-hydrogen) atoms. The van der Waals surface area contributed by atoms with Gasteiger partial charge in [-0.05, 0) is 43.5 Å². The summed E-state index contributed by atoms with van der Waals surface area (Å²) < 4.78 is 19.1. The molecular formula is C12H17BrFNO. The fraction of sp³-hybridized carbons (Fsp3) is 0.500. The van der Waals surface area contributed by atoms with Crippen molar-refractivity contribution in [3.05, 3.63) is 34.1 Å². The van der Waals surface area contributed by atoms with E-state index in [1.54, 1.807) is 0 Å². The Hall–Kier alpha value is -0.450. The van der Waals surface area contributed by atoms with Gasteiger partial charge in [-0.25, -0.2) is 4.39 Å².